The molecule has 6 heteroatoms. The summed E-state index contributed by atoms with van der Waals surface area (Å²) in [6.07, 6.45) is 5.70. The highest BCUT2D eigenvalue weighted by Crippen LogP contribution is 2.41. The zero-order chi connectivity index (χ0) is 17.9. The lowest BCUT2D eigenvalue weighted by atomic mass is 10.1. The van der Waals surface area contributed by atoms with Crippen LogP contribution in [-0.4, -0.2) is 20.1 Å². The minimum absolute atomic E-state index is 0.0798. The summed E-state index contributed by atoms with van der Waals surface area (Å²) in [7, 11) is 0. The minimum Gasteiger partial charge on any atom is -0.390 e. The Morgan fingerprint density at radius 2 is 2.00 bits per heavy atom. The molecule has 3 aromatic heterocycles. The summed E-state index contributed by atoms with van der Waals surface area (Å²) in [6, 6.07) is 13.3. The Labute approximate surface area is 151 Å². The average Bonchev–Trinajstić information content (AvgIpc) is 3.53. The van der Waals surface area contributed by atoms with Gasteiger partial charge in [0.25, 0.3) is 0 Å². The highest BCUT2D eigenvalue weighted by molar-refractivity contribution is 5.65. The quantitative estimate of drug-likeness (QED) is 0.736. The van der Waals surface area contributed by atoms with Crippen LogP contribution in [0, 0.1) is 11.3 Å². The third kappa shape index (κ3) is 3.53. The molecule has 1 aliphatic carbocycles. The van der Waals surface area contributed by atoms with Gasteiger partial charge in [0.2, 0.25) is 0 Å². The fraction of sp³-hybridized carbons (Fsp3) is 0.200. The van der Waals surface area contributed by atoms with Crippen molar-refractivity contribution in [1.29, 1.82) is 5.26 Å². The zero-order valence-electron chi connectivity index (χ0n) is 14.1. The van der Waals surface area contributed by atoms with Crippen LogP contribution in [0.1, 0.15) is 35.6 Å². The van der Waals surface area contributed by atoms with Gasteiger partial charge in [0, 0.05) is 18.0 Å². The first-order valence-corrected chi connectivity index (χ1v) is 8.46. The number of hydrogen-bond acceptors (Lipinski definition) is 6. The summed E-state index contributed by atoms with van der Waals surface area (Å²) in [6.45, 7) is -0.0798. The van der Waals surface area contributed by atoms with Crippen molar-refractivity contribution in [1.82, 2.24) is 15.0 Å². The number of nitrogens with one attached hydrogen (secondary N) is 1. The number of aliphatic hydroxyl groups excluding tert-OH is 1. The molecule has 1 saturated carbocycles. The molecule has 6 nitrogen and oxygen atoms in total. The number of nitriles is 1. The molecule has 0 unspecified atom stereocenters. The molecule has 0 amide bonds. The van der Waals surface area contributed by atoms with Crippen LogP contribution in [0.4, 0.5) is 11.6 Å². The molecule has 0 atom stereocenters. The zero-order valence-corrected chi connectivity index (χ0v) is 14.1. The minimum atomic E-state index is -0.0798. The number of nitrogens with zero attached hydrogens (tertiary/aromatic N) is 4. The van der Waals surface area contributed by atoms with Gasteiger partial charge in [-0.05, 0) is 60.7 Å². The van der Waals surface area contributed by atoms with E-state index in [0.717, 1.165) is 11.3 Å². The summed E-state index contributed by atoms with van der Waals surface area (Å²) in [5.41, 5.74) is 4.13. The summed E-state index contributed by atoms with van der Waals surface area (Å²) in [5, 5.41) is 21.4. The van der Waals surface area contributed by atoms with Gasteiger partial charge in [-0.15, -0.1) is 0 Å². The third-order valence-electron chi connectivity index (χ3n) is 4.32. The van der Waals surface area contributed by atoms with Crippen molar-refractivity contribution >= 4 is 11.6 Å². The van der Waals surface area contributed by atoms with Crippen molar-refractivity contribution in [3.8, 4) is 17.3 Å². The second-order valence-electron chi connectivity index (χ2n) is 6.31. The Bertz CT molecular complexity index is 974. The second kappa shape index (κ2) is 6.90. The summed E-state index contributed by atoms with van der Waals surface area (Å²) in [5.74, 6) is 1.85. The van der Waals surface area contributed by atoms with Gasteiger partial charge in [-0.3, -0.25) is 4.98 Å². The van der Waals surface area contributed by atoms with Crippen LogP contribution in [-0.2, 0) is 6.61 Å². The Morgan fingerprint density at radius 3 is 2.69 bits per heavy atom. The monoisotopic (exact) mass is 343 g/mol. The van der Waals surface area contributed by atoms with Gasteiger partial charge in [-0.1, -0.05) is 0 Å². The Hall–Kier alpha value is -3.30. The standard InChI is InChI=1S/C20H17N5O/c21-10-13-5-6-22-19(7-13)25-20-9-16(14-1-2-14)8-18(24-20)15-3-4-17(12-26)23-11-15/h3-9,11,14,26H,1-2,12H2,(H,22,24,25). The van der Waals surface area contributed by atoms with E-state index in [0.29, 0.717) is 28.8 Å². The maximum Gasteiger partial charge on any atom is 0.132 e. The maximum atomic E-state index is 9.16. The van der Waals surface area contributed by atoms with E-state index < -0.39 is 0 Å². The number of hydrogen-bond donors (Lipinski definition) is 2. The lowest BCUT2D eigenvalue weighted by Crippen LogP contribution is -1.99. The molecule has 0 saturated heterocycles. The molecule has 2 N–H and O–H groups in total. The van der Waals surface area contributed by atoms with Crippen LogP contribution in [0.2, 0.25) is 0 Å². The first-order valence-electron chi connectivity index (χ1n) is 8.46. The highest BCUT2D eigenvalue weighted by Gasteiger charge is 2.25. The van der Waals surface area contributed by atoms with Crippen LogP contribution in [0.25, 0.3) is 11.3 Å². The molecule has 3 aromatic rings. The lowest BCUT2D eigenvalue weighted by Gasteiger charge is -2.11. The predicted octanol–water partition coefficient (Wildman–Crippen LogP) is 3.52. The summed E-state index contributed by atoms with van der Waals surface area (Å²) < 4.78 is 0. The fourth-order valence-corrected chi connectivity index (χ4v) is 2.79. The molecule has 0 aliphatic heterocycles. The molecule has 3 heterocycles. The van der Waals surface area contributed by atoms with Crippen molar-refractivity contribution < 1.29 is 5.11 Å². The maximum absolute atomic E-state index is 9.16. The van der Waals surface area contributed by atoms with E-state index in [1.54, 1.807) is 30.6 Å². The SMILES string of the molecule is N#Cc1ccnc(Nc2cc(C3CC3)cc(-c3ccc(CO)nc3)n2)c1. The fourth-order valence-electron chi connectivity index (χ4n) is 2.79. The Balaban J connectivity index is 1.69. The van der Waals surface area contributed by atoms with Crippen LogP contribution in [0.5, 0.6) is 0 Å². The largest absolute Gasteiger partial charge is 0.390 e. The smallest absolute Gasteiger partial charge is 0.132 e. The molecule has 128 valence electrons. The summed E-state index contributed by atoms with van der Waals surface area (Å²) in [4.78, 5) is 13.2. The number of rotatable bonds is 5. The third-order valence-corrected chi connectivity index (χ3v) is 4.32. The molecule has 1 aliphatic rings. The van der Waals surface area contributed by atoms with Gasteiger partial charge in [0.05, 0.1) is 29.6 Å². The van der Waals surface area contributed by atoms with Gasteiger partial charge in [0.1, 0.15) is 11.6 Å². The number of anilines is 2. The van der Waals surface area contributed by atoms with Gasteiger partial charge in [-0.25, -0.2) is 9.97 Å². The second-order valence-corrected chi connectivity index (χ2v) is 6.31. The van der Waals surface area contributed by atoms with Crippen molar-refractivity contribution in [3.63, 3.8) is 0 Å². The molecular formula is C20H17N5O. The average molecular weight is 343 g/mol. The van der Waals surface area contributed by atoms with E-state index in [4.69, 9.17) is 10.4 Å². The van der Waals surface area contributed by atoms with E-state index >= 15 is 0 Å². The normalized spacial score (nSPS) is 13.2. The van der Waals surface area contributed by atoms with E-state index in [-0.39, 0.29) is 6.61 Å². The molecule has 26 heavy (non-hydrogen) atoms. The van der Waals surface area contributed by atoms with Crippen molar-refractivity contribution in [3.05, 3.63) is 65.6 Å². The first-order chi connectivity index (χ1) is 12.7. The van der Waals surface area contributed by atoms with Crippen molar-refractivity contribution in [2.24, 2.45) is 0 Å². The molecular weight excluding hydrogens is 326 g/mol. The van der Waals surface area contributed by atoms with E-state index in [9.17, 15) is 0 Å². The number of aliphatic hydroxyl groups is 1. The van der Waals surface area contributed by atoms with Crippen LogP contribution >= 0.6 is 0 Å². The van der Waals surface area contributed by atoms with Crippen LogP contribution < -0.4 is 5.32 Å². The molecule has 0 aromatic carbocycles. The van der Waals surface area contributed by atoms with Gasteiger partial charge in [0.15, 0.2) is 0 Å². The van der Waals surface area contributed by atoms with Gasteiger partial charge in [-0.2, -0.15) is 5.26 Å². The van der Waals surface area contributed by atoms with E-state index in [2.05, 4.69) is 32.4 Å². The lowest BCUT2D eigenvalue weighted by molar-refractivity contribution is 0.277. The first kappa shape index (κ1) is 16.2. The molecule has 1 fully saturated rings. The van der Waals surface area contributed by atoms with Crippen LogP contribution in [0.15, 0.2) is 48.8 Å². The summed E-state index contributed by atoms with van der Waals surface area (Å²) >= 11 is 0. The van der Waals surface area contributed by atoms with Crippen LogP contribution in [0.3, 0.4) is 0 Å². The molecule has 0 radical (unpaired) electrons. The van der Waals surface area contributed by atoms with E-state index in [1.807, 2.05) is 12.1 Å². The predicted molar refractivity (Wildman–Crippen MR) is 97.6 cm³/mol. The number of aromatic nitrogens is 3. The van der Waals surface area contributed by atoms with Gasteiger partial charge < -0.3 is 10.4 Å². The Morgan fingerprint density at radius 1 is 1.12 bits per heavy atom. The van der Waals surface area contributed by atoms with E-state index in [1.165, 1.54) is 18.4 Å². The molecule has 4 rings (SSSR count). The Kier molecular flexibility index (Phi) is 4.30. The van der Waals surface area contributed by atoms with Crippen molar-refractivity contribution in [2.75, 3.05) is 5.32 Å². The van der Waals surface area contributed by atoms with Gasteiger partial charge >= 0.3 is 0 Å². The van der Waals surface area contributed by atoms with Crippen molar-refractivity contribution in [2.45, 2.75) is 25.4 Å². The highest BCUT2D eigenvalue weighted by atomic mass is 16.3. The topological polar surface area (TPSA) is 94.7 Å². The number of pyridine rings is 3. The molecule has 0 spiro atoms. The molecule has 0 bridgehead atoms.